The molecule has 6 heteroatoms. The fourth-order valence-electron chi connectivity index (χ4n) is 3.12. The van der Waals surface area contributed by atoms with E-state index in [0.717, 1.165) is 16.5 Å². The van der Waals surface area contributed by atoms with E-state index in [2.05, 4.69) is 4.98 Å². The molecule has 0 fully saturated rings. The number of carbonyl (C=O) groups is 1. The molecule has 2 heterocycles. The van der Waals surface area contributed by atoms with Crippen molar-refractivity contribution in [3.63, 3.8) is 0 Å². The molecule has 2 aromatic carbocycles. The average Bonchev–Trinajstić information content (AvgIpc) is 3.08. The highest BCUT2D eigenvalue weighted by Gasteiger charge is 2.18. The predicted molar refractivity (Wildman–Crippen MR) is 94.2 cm³/mol. The van der Waals surface area contributed by atoms with Crippen LogP contribution in [0.1, 0.15) is 10.4 Å². The molecule has 0 unspecified atom stereocenters. The molecule has 0 radical (unpaired) electrons. The van der Waals surface area contributed by atoms with Crippen molar-refractivity contribution in [2.75, 3.05) is 5.73 Å². The third kappa shape index (κ3) is 2.04. The number of nitrogen functional groups attached to an aromatic ring is 1. The number of aryl methyl sites for hydroxylation is 1. The van der Waals surface area contributed by atoms with Crippen LogP contribution in [0.3, 0.4) is 0 Å². The van der Waals surface area contributed by atoms with Crippen LogP contribution in [0.4, 0.5) is 5.69 Å². The van der Waals surface area contributed by atoms with Gasteiger partial charge in [-0.05, 0) is 29.8 Å². The van der Waals surface area contributed by atoms with Crippen molar-refractivity contribution in [2.45, 2.75) is 6.42 Å². The van der Waals surface area contributed by atoms with Crippen LogP contribution in [0.5, 0.6) is 0 Å². The average molecular weight is 320 g/mol. The van der Waals surface area contributed by atoms with Gasteiger partial charge < -0.3 is 10.7 Å². The van der Waals surface area contributed by atoms with Gasteiger partial charge in [-0.1, -0.05) is 18.2 Å². The maximum absolute atomic E-state index is 12.8. The van der Waals surface area contributed by atoms with E-state index >= 15 is 0 Å². The lowest BCUT2D eigenvalue weighted by atomic mass is 10.1. The van der Waals surface area contributed by atoms with Gasteiger partial charge in [0.1, 0.15) is 0 Å². The second-order valence-electron chi connectivity index (χ2n) is 5.86. The minimum absolute atomic E-state index is 0.137. The van der Waals surface area contributed by atoms with Gasteiger partial charge in [-0.25, -0.2) is 9.36 Å². The zero-order valence-corrected chi connectivity index (χ0v) is 13.1. The van der Waals surface area contributed by atoms with E-state index in [4.69, 9.17) is 5.73 Å². The number of nitrogens with one attached hydrogen (secondary N) is 1. The first-order chi connectivity index (χ1) is 11.6. The first kappa shape index (κ1) is 14.3. The van der Waals surface area contributed by atoms with Gasteiger partial charge in [0.05, 0.1) is 17.5 Å². The van der Waals surface area contributed by atoms with Crippen molar-refractivity contribution in [3.05, 3.63) is 64.7 Å². The molecule has 3 N–H and O–H groups in total. The van der Waals surface area contributed by atoms with E-state index in [0.29, 0.717) is 16.7 Å². The van der Waals surface area contributed by atoms with E-state index in [1.54, 1.807) is 25.2 Å². The number of nitrogens with zero attached hydrogens (tertiary/aromatic N) is 2. The Morgan fingerprint density at radius 2 is 1.96 bits per heavy atom. The van der Waals surface area contributed by atoms with Gasteiger partial charge >= 0.3 is 5.69 Å². The van der Waals surface area contributed by atoms with Crippen molar-refractivity contribution >= 4 is 33.5 Å². The fraction of sp³-hybridized carbons (Fsp3) is 0.111. The summed E-state index contributed by atoms with van der Waals surface area (Å²) in [5.74, 6) is -0.277. The smallest absolute Gasteiger partial charge is 0.335 e. The Labute approximate surface area is 137 Å². The normalized spacial score (nSPS) is 11.4. The molecule has 0 aliphatic heterocycles. The molecule has 0 bridgehead atoms. The first-order valence-electron chi connectivity index (χ1n) is 7.61. The number of hydrogen-bond donors (Lipinski definition) is 2. The van der Waals surface area contributed by atoms with Crippen LogP contribution in [0.25, 0.3) is 21.9 Å². The van der Waals surface area contributed by atoms with Crippen LogP contribution in [0.2, 0.25) is 0 Å². The molecule has 0 spiro atoms. The van der Waals surface area contributed by atoms with Crippen molar-refractivity contribution in [1.29, 1.82) is 0 Å². The summed E-state index contributed by atoms with van der Waals surface area (Å²) in [4.78, 5) is 28.4. The van der Waals surface area contributed by atoms with Gasteiger partial charge in [-0.2, -0.15) is 0 Å². The van der Waals surface area contributed by atoms with Crippen molar-refractivity contribution in [2.24, 2.45) is 7.05 Å². The first-order valence-corrected chi connectivity index (χ1v) is 7.61. The second kappa shape index (κ2) is 5.13. The second-order valence-corrected chi connectivity index (χ2v) is 5.86. The topological polar surface area (TPSA) is 85.8 Å². The molecule has 0 amide bonds. The van der Waals surface area contributed by atoms with Crippen molar-refractivity contribution in [3.8, 4) is 0 Å². The number of imidazole rings is 1. The van der Waals surface area contributed by atoms with Crippen LogP contribution in [-0.4, -0.2) is 20.0 Å². The van der Waals surface area contributed by atoms with Crippen LogP contribution < -0.4 is 11.4 Å². The largest absolute Gasteiger partial charge is 0.399 e. The van der Waals surface area contributed by atoms with Gasteiger partial charge in [0.2, 0.25) is 5.91 Å². The van der Waals surface area contributed by atoms with Crippen LogP contribution in [0.15, 0.2) is 53.5 Å². The summed E-state index contributed by atoms with van der Waals surface area (Å²) in [6.45, 7) is 0. The quantitative estimate of drug-likeness (QED) is 0.556. The van der Waals surface area contributed by atoms with Crippen LogP contribution >= 0.6 is 0 Å². The molecular formula is C18H16N4O2. The molecule has 4 aromatic rings. The molecule has 120 valence electrons. The van der Waals surface area contributed by atoms with Crippen LogP contribution in [0, 0.1) is 0 Å². The maximum atomic E-state index is 12.8. The van der Waals surface area contributed by atoms with E-state index in [-0.39, 0.29) is 18.0 Å². The number of hydrogen-bond acceptors (Lipinski definition) is 3. The molecule has 6 nitrogen and oxygen atoms in total. The summed E-state index contributed by atoms with van der Waals surface area (Å²) in [7, 11) is 1.65. The lowest BCUT2D eigenvalue weighted by molar-refractivity contribution is 0.0914. The molecule has 4 rings (SSSR count). The fourth-order valence-corrected chi connectivity index (χ4v) is 3.12. The SMILES string of the molecule is Cn1c(=O)n(C(=O)Cc2c[nH]c3ccccc23)c2cc(N)ccc21. The summed E-state index contributed by atoms with van der Waals surface area (Å²) >= 11 is 0. The van der Waals surface area contributed by atoms with Gasteiger partial charge in [0, 0.05) is 29.8 Å². The number of fused-ring (bicyclic) bond motifs is 2. The van der Waals surface area contributed by atoms with Gasteiger partial charge in [0.15, 0.2) is 0 Å². The molecule has 0 aliphatic rings. The number of aromatic amines is 1. The summed E-state index contributed by atoms with van der Waals surface area (Å²) in [6.07, 6.45) is 1.95. The lowest BCUT2D eigenvalue weighted by Gasteiger charge is -2.02. The van der Waals surface area contributed by atoms with Crippen LogP contribution in [-0.2, 0) is 13.5 Å². The molecule has 0 aliphatic carbocycles. The highest BCUT2D eigenvalue weighted by molar-refractivity contribution is 5.95. The standard InChI is InChI=1S/C18H16N4O2/c1-21-15-7-6-12(19)9-16(15)22(18(21)24)17(23)8-11-10-20-14-5-3-2-4-13(11)14/h2-7,9-10,20H,8,19H2,1H3. The Bertz CT molecular complexity index is 1150. The number of aromatic nitrogens is 3. The number of rotatable bonds is 2. The number of para-hydroxylation sites is 1. The van der Waals surface area contributed by atoms with Gasteiger partial charge in [0.25, 0.3) is 0 Å². The number of anilines is 1. The Morgan fingerprint density at radius 1 is 1.17 bits per heavy atom. The zero-order chi connectivity index (χ0) is 16.8. The summed E-state index contributed by atoms with van der Waals surface area (Å²) in [5.41, 5.74) is 9.02. The highest BCUT2D eigenvalue weighted by Crippen LogP contribution is 2.20. The van der Waals surface area contributed by atoms with Crippen molar-refractivity contribution in [1.82, 2.24) is 14.1 Å². The van der Waals surface area contributed by atoms with E-state index in [9.17, 15) is 9.59 Å². The van der Waals surface area contributed by atoms with E-state index in [1.807, 2.05) is 30.5 Å². The Kier molecular flexibility index (Phi) is 3.06. The number of benzene rings is 2. The van der Waals surface area contributed by atoms with E-state index in [1.165, 1.54) is 9.13 Å². The Hall–Kier alpha value is -3.28. The number of nitrogens with two attached hydrogens (primary N) is 1. The number of carbonyl (C=O) groups excluding carboxylic acids is 1. The Balaban J connectivity index is 1.83. The Morgan fingerprint density at radius 3 is 2.79 bits per heavy atom. The molecule has 24 heavy (non-hydrogen) atoms. The predicted octanol–water partition coefficient (Wildman–Crippen LogP) is 2.29. The summed E-state index contributed by atoms with van der Waals surface area (Å²) in [6, 6.07) is 12.9. The zero-order valence-electron chi connectivity index (χ0n) is 13.1. The molecule has 0 atom stereocenters. The molecule has 0 saturated heterocycles. The molecule has 0 saturated carbocycles. The minimum Gasteiger partial charge on any atom is -0.399 e. The monoisotopic (exact) mass is 320 g/mol. The summed E-state index contributed by atoms with van der Waals surface area (Å²) < 4.78 is 2.66. The third-order valence-corrected chi connectivity index (χ3v) is 4.35. The lowest BCUT2D eigenvalue weighted by Crippen LogP contribution is -2.28. The molecule has 2 aromatic heterocycles. The van der Waals surface area contributed by atoms with Crippen molar-refractivity contribution < 1.29 is 4.79 Å². The number of H-pyrrole nitrogens is 1. The maximum Gasteiger partial charge on any atom is 0.335 e. The van der Waals surface area contributed by atoms with Gasteiger partial charge in [-0.15, -0.1) is 0 Å². The van der Waals surface area contributed by atoms with Gasteiger partial charge in [-0.3, -0.25) is 9.36 Å². The minimum atomic E-state index is -0.361. The molecular weight excluding hydrogens is 304 g/mol. The van der Waals surface area contributed by atoms with E-state index < -0.39 is 0 Å². The third-order valence-electron chi connectivity index (χ3n) is 4.35. The summed E-state index contributed by atoms with van der Waals surface area (Å²) in [5, 5.41) is 0.985. The highest BCUT2D eigenvalue weighted by atomic mass is 16.2.